The van der Waals surface area contributed by atoms with Crippen molar-refractivity contribution in [1.29, 1.82) is 0 Å². The van der Waals surface area contributed by atoms with Gasteiger partial charge < -0.3 is 0 Å². The van der Waals surface area contributed by atoms with Crippen LogP contribution in [0.4, 0.5) is 0 Å². The molecule has 13 heavy (non-hydrogen) atoms. The molecular formula is C9H7N3O. The Labute approximate surface area is 74.6 Å². The molecule has 0 aliphatic rings. The number of carbonyl (C=O) groups is 1. The van der Waals surface area contributed by atoms with Crippen molar-refractivity contribution in [3.8, 4) is 11.4 Å². The molecule has 2 aromatic rings. The van der Waals surface area contributed by atoms with E-state index in [0.717, 1.165) is 12.0 Å². The summed E-state index contributed by atoms with van der Waals surface area (Å²) in [5.74, 6) is 0. The maximum Gasteiger partial charge on any atom is 0.168 e. The smallest absolute Gasteiger partial charge is 0.168 e. The van der Waals surface area contributed by atoms with E-state index in [0.29, 0.717) is 11.4 Å². The fraction of sp³-hybridized carbons (Fsp3) is 0. The van der Waals surface area contributed by atoms with Gasteiger partial charge in [-0.15, -0.1) is 0 Å². The number of aromatic amines is 1. The first-order valence-corrected chi connectivity index (χ1v) is 3.82. The summed E-state index contributed by atoms with van der Waals surface area (Å²) < 4.78 is 0. The molecule has 64 valence electrons. The third kappa shape index (κ3) is 1.46. The van der Waals surface area contributed by atoms with Crippen LogP contribution in [0.15, 0.2) is 30.5 Å². The second-order valence-corrected chi connectivity index (χ2v) is 2.53. The summed E-state index contributed by atoms with van der Waals surface area (Å²) in [5.41, 5.74) is 1.86. The minimum Gasteiger partial charge on any atom is -0.296 e. The van der Waals surface area contributed by atoms with Crippen LogP contribution in [-0.2, 0) is 0 Å². The molecule has 0 aliphatic carbocycles. The number of H-pyrrole nitrogens is 1. The van der Waals surface area contributed by atoms with Gasteiger partial charge in [0.1, 0.15) is 11.4 Å². The van der Waals surface area contributed by atoms with Gasteiger partial charge in [0.05, 0.1) is 5.69 Å². The summed E-state index contributed by atoms with van der Waals surface area (Å²) in [7, 11) is 0. The molecule has 0 saturated carbocycles. The summed E-state index contributed by atoms with van der Waals surface area (Å²) >= 11 is 0. The van der Waals surface area contributed by atoms with E-state index in [-0.39, 0.29) is 0 Å². The van der Waals surface area contributed by atoms with E-state index in [1.807, 2.05) is 6.07 Å². The quantitative estimate of drug-likeness (QED) is 0.696. The van der Waals surface area contributed by atoms with Gasteiger partial charge in [0, 0.05) is 6.20 Å². The van der Waals surface area contributed by atoms with E-state index >= 15 is 0 Å². The third-order valence-corrected chi connectivity index (χ3v) is 1.65. The van der Waals surface area contributed by atoms with Gasteiger partial charge in [-0.2, -0.15) is 5.10 Å². The predicted octanol–water partition coefficient (Wildman–Crippen LogP) is 1.28. The molecule has 0 bridgehead atoms. The van der Waals surface area contributed by atoms with Crippen molar-refractivity contribution >= 4 is 6.29 Å². The highest BCUT2D eigenvalue weighted by Crippen LogP contribution is 2.12. The van der Waals surface area contributed by atoms with Crippen LogP contribution in [0.2, 0.25) is 0 Å². The topological polar surface area (TPSA) is 58.6 Å². The zero-order valence-electron chi connectivity index (χ0n) is 6.77. The van der Waals surface area contributed by atoms with Crippen molar-refractivity contribution < 1.29 is 4.79 Å². The molecule has 0 spiro atoms. The van der Waals surface area contributed by atoms with E-state index < -0.39 is 0 Å². The van der Waals surface area contributed by atoms with E-state index in [4.69, 9.17) is 0 Å². The molecule has 0 aliphatic heterocycles. The number of nitrogens with one attached hydrogen (secondary N) is 1. The molecule has 0 atom stereocenters. The molecule has 2 rings (SSSR count). The molecule has 0 saturated heterocycles. The second kappa shape index (κ2) is 3.18. The van der Waals surface area contributed by atoms with Crippen molar-refractivity contribution in [2.24, 2.45) is 0 Å². The van der Waals surface area contributed by atoms with Gasteiger partial charge in [0.2, 0.25) is 0 Å². The zero-order valence-corrected chi connectivity index (χ0v) is 6.77. The minimum absolute atomic E-state index is 0.417. The molecular weight excluding hydrogens is 166 g/mol. The molecule has 2 heterocycles. The number of hydrogen-bond donors (Lipinski definition) is 1. The summed E-state index contributed by atoms with van der Waals surface area (Å²) in [5, 5.41) is 6.65. The Hall–Kier alpha value is -1.97. The van der Waals surface area contributed by atoms with Crippen LogP contribution in [0.3, 0.4) is 0 Å². The molecule has 4 heteroatoms. The summed E-state index contributed by atoms with van der Waals surface area (Å²) in [4.78, 5) is 14.5. The lowest BCUT2D eigenvalue weighted by molar-refractivity contribution is 0.111. The number of rotatable bonds is 2. The number of carbonyl (C=O) groups excluding carboxylic acids is 1. The average molecular weight is 173 g/mol. The van der Waals surface area contributed by atoms with E-state index in [2.05, 4.69) is 15.2 Å². The third-order valence-electron chi connectivity index (χ3n) is 1.65. The van der Waals surface area contributed by atoms with Crippen LogP contribution in [0.1, 0.15) is 10.5 Å². The number of hydrogen-bond acceptors (Lipinski definition) is 3. The van der Waals surface area contributed by atoms with Crippen molar-refractivity contribution in [3.63, 3.8) is 0 Å². The van der Waals surface area contributed by atoms with Crippen LogP contribution in [0.5, 0.6) is 0 Å². The Balaban J connectivity index is 2.47. The summed E-state index contributed by atoms with van der Waals surface area (Å²) in [6.45, 7) is 0. The van der Waals surface area contributed by atoms with E-state index in [9.17, 15) is 4.79 Å². The standard InChI is InChI=1S/C9H7N3O/c13-6-7-2-1-3-8(11-7)9-4-5-10-12-9/h1-6H,(H,10,12). The lowest BCUT2D eigenvalue weighted by Crippen LogP contribution is -1.89. The monoisotopic (exact) mass is 173 g/mol. The van der Waals surface area contributed by atoms with Gasteiger partial charge in [-0.3, -0.25) is 9.89 Å². The second-order valence-electron chi connectivity index (χ2n) is 2.53. The zero-order chi connectivity index (χ0) is 9.10. The fourth-order valence-corrected chi connectivity index (χ4v) is 1.06. The van der Waals surface area contributed by atoms with Crippen LogP contribution >= 0.6 is 0 Å². The van der Waals surface area contributed by atoms with Crippen molar-refractivity contribution in [2.45, 2.75) is 0 Å². The number of aldehydes is 1. The number of aromatic nitrogens is 3. The maximum absolute atomic E-state index is 10.4. The Kier molecular flexibility index (Phi) is 1.88. The first kappa shape index (κ1) is 7.67. The number of nitrogens with zero attached hydrogens (tertiary/aromatic N) is 2. The van der Waals surface area contributed by atoms with Crippen LogP contribution < -0.4 is 0 Å². The Morgan fingerprint density at radius 3 is 2.85 bits per heavy atom. The highest BCUT2D eigenvalue weighted by molar-refractivity contribution is 5.73. The lowest BCUT2D eigenvalue weighted by Gasteiger charge is -1.94. The maximum atomic E-state index is 10.4. The van der Waals surface area contributed by atoms with Crippen molar-refractivity contribution in [3.05, 3.63) is 36.2 Å². The van der Waals surface area contributed by atoms with Crippen molar-refractivity contribution in [2.75, 3.05) is 0 Å². The van der Waals surface area contributed by atoms with Gasteiger partial charge >= 0.3 is 0 Å². The molecule has 4 nitrogen and oxygen atoms in total. The van der Waals surface area contributed by atoms with Crippen LogP contribution in [-0.4, -0.2) is 21.5 Å². The van der Waals surface area contributed by atoms with Gasteiger partial charge in [-0.1, -0.05) is 6.07 Å². The number of pyridine rings is 1. The largest absolute Gasteiger partial charge is 0.296 e. The molecule has 0 fully saturated rings. The molecule has 0 radical (unpaired) electrons. The van der Waals surface area contributed by atoms with Gasteiger partial charge in [0.25, 0.3) is 0 Å². The molecule has 0 unspecified atom stereocenters. The first-order chi connectivity index (χ1) is 6.40. The Bertz CT molecular complexity index is 409. The average Bonchev–Trinajstić information content (AvgIpc) is 2.71. The SMILES string of the molecule is O=Cc1cccc(-c2cc[nH]n2)n1. The normalized spacial score (nSPS) is 9.85. The van der Waals surface area contributed by atoms with Crippen LogP contribution in [0.25, 0.3) is 11.4 Å². The van der Waals surface area contributed by atoms with Gasteiger partial charge in [-0.25, -0.2) is 4.98 Å². The van der Waals surface area contributed by atoms with E-state index in [1.54, 1.807) is 24.4 Å². The molecule has 0 amide bonds. The lowest BCUT2D eigenvalue weighted by atomic mass is 10.2. The highest BCUT2D eigenvalue weighted by atomic mass is 16.1. The van der Waals surface area contributed by atoms with Gasteiger partial charge in [-0.05, 0) is 18.2 Å². The Morgan fingerprint density at radius 1 is 1.23 bits per heavy atom. The predicted molar refractivity (Wildman–Crippen MR) is 47.2 cm³/mol. The first-order valence-electron chi connectivity index (χ1n) is 3.82. The molecule has 0 aromatic carbocycles. The van der Waals surface area contributed by atoms with Gasteiger partial charge in [0.15, 0.2) is 6.29 Å². The highest BCUT2D eigenvalue weighted by Gasteiger charge is 2.01. The molecule has 1 N–H and O–H groups in total. The summed E-state index contributed by atoms with van der Waals surface area (Å²) in [6, 6.07) is 7.05. The molecule has 2 aromatic heterocycles. The van der Waals surface area contributed by atoms with Crippen LogP contribution in [0, 0.1) is 0 Å². The van der Waals surface area contributed by atoms with Crippen molar-refractivity contribution in [1.82, 2.24) is 15.2 Å². The Morgan fingerprint density at radius 2 is 2.15 bits per heavy atom. The van der Waals surface area contributed by atoms with E-state index in [1.165, 1.54) is 0 Å². The minimum atomic E-state index is 0.417. The summed E-state index contributed by atoms with van der Waals surface area (Å²) in [6.07, 6.45) is 2.43. The fourth-order valence-electron chi connectivity index (χ4n) is 1.06.